The van der Waals surface area contributed by atoms with Crippen LogP contribution in [-0.2, 0) is 4.74 Å². The summed E-state index contributed by atoms with van der Waals surface area (Å²) in [6.45, 7) is 3.71. The molecule has 1 unspecified atom stereocenters. The normalized spacial score (nSPS) is 13.7. The molecule has 0 saturated carbocycles. The van der Waals surface area contributed by atoms with Crippen molar-refractivity contribution in [2.45, 2.75) is 25.8 Å². The molecule has 0 aliphatic carbocycles. The standard InChI is InChI=1S/C14H21FN2O3/c1-10-8-11(15)4-5-12(10)16-13(19)17-14(2,6-7-18)9-20-3/h4-5,8,18H,6-7,9H2,1-3H3,(H2,16,17,19). The second-order valence-corrected chi connectivity index (χ2v) is 5.01. The lowest BCUT2D eigenvalue weighted by Gasteiger charge is -2.29. The summed E-state index contributed by atoms with van der Waals surface area (Å²) in [4.78, 5) is 12.0. The highest BCUT2D eigenvalue weighted by Gasteiger charge is 2.26. The van der Waals surface area contributed by atoms with Crippen molar-refractivity contribution in [3.05, 3.63) is 29.6 Å². The van der Waals surface area contributed by atoms with Crippen LogP contribution < -0.4 is 10.6 Å². The summed E-state index contributed by atoms with van der Waals surface area (Å²) in [5, 5.41) is 14.4. The number of carbonyl (C=O) groups excluding carboxylic acids is 1. The van der Waals surface area contributed by atoms with Gasteiger partial charge in [0, 0.05) is 19.4 Å². The van der Waals surface area contributed by atoms with Crippen LogP contribution in [0.5, 0.6) is 0 Å². The monoisotopic (exact) mass is 284 g/mol. The van der Waals surface area contributed by atoms with Gasteiger partial charge in [-0.2, -0.15) is 0 Å². The predicted octanol–water partition coefficient (Wildman–Crippen LogP) is 2.04. The number of halogens is 1. The molecule has 1 atom stereocenters. The first-order chi connectivity index (χ1) is 9.40. The molecule has 0 spiro atoms. The number of methoxy groups -OCH3 is 1. The van der Waals surface area contributed by atoms with Gasteiger partial charge >= 0.3 is 6.03 Å². The maximum absolute atomic E-state index is 13.0. The highest BCUT2D eigenvalue weighted by atomic mass is 19.1. The molecule has 0 heterocycles. The summed E-state index contributed by atoms with van der Waals surface area (Å²) in [5.41, 5.74) is 0.505. The number of aliphatic hydroxyl groups excluding tert-OH is 1. The van der Waals surface area contributed by atoms with Crippen LogP contribution in [0.15, 0.2) is 18.2 Å². The first kappa shape index (κ1) is 16.4. The molecule has 3 N–H and O–H groups in total. The van der Waals surface area contributed by atoms with Gasteiger partial charge in [-0.15, -0.1) is 0 Å². The van der Waals surface area contributed by atoms with E-state index in [1.165, 1.54) is 25.3 Å². The highest BCUT2D eigenvalue weighted by molar-refractivity contribution is 5.90. The van der Waals surface area contributed by atoms with Crippen molar-refractivity contribution in [3.63, 3.8) is 0 Å². The number of anilines is 1. The Morgan fingerprint density at radius 3 is 2.75 bits per heavy atom. The van der Waals surface area contributed by atoms with E-state index in [1.807, 2.05) is 0 Å². The van der Waals surface area contributed by atoms with Gasteiger partial charge in [-0.25, -0.2) is 9.18 Å². The lowest BCUT2D eigenvalue weighted by molar-refractivity contribution is 0.104. The third-order valence-electron chi connectivity index (χ3n) is 2.98. The van der Waals surface area contributed by atoms with E-state index in [2.05, 4.69) is 10.6 Å². The van der Waals surface area contributed by atoms with Crippen molar-refractivity contribution in [1.82, 2.24) is 5.32 Å². The molecule has 0 aliphatic heterocycles. The second kappa shape index (κ2) is 7.21. The van der Waals surface area contributed by atoms with Crippen LogP contribution in [0.4, 0.5) is 14.9 Å². The molecule has 0 fully saturated rings. The van der Waals surface area contributed by atoms with Crippen molar-refractivity contribution >= 4 is 11.7 Å². The average molecular weight is 284 g/mol. The third kappa shape index (κ3) is 4.79. The Labute approximate surface area is 118 Å². The Kier molecular flexibility index (Phi) is 5.91. The average Bonchev–Trinajstić information content (AvgIpc) is 2.33. The number of rotatable bonds is 6. The van der Waals surface area contributed by atoms with E-state index >= 15 is 0 Å². The van der Waals surface area contributed by atoms with Crippen LogP contribution in [0.3, 0.4) is 0 Å². The van der Waals surface area contributed by atoms with Gasteiger partial charge in [0.05, 0.1) is 12.1 Å². The van der Waals surface area contributed by atoms with Gasteiger partial charge in [0.15, 0.2) is 0 Å². The lowest BCUT2D eigenvalue weighted by atomic mass is 10.00. The van der Waals surface area contributed by atoms with E-state index in [4.69, 9.17) is 9.84 Å². The molecule has 0 aromatic heterocycles. The molecule has 20 heavy (non-hydrogen) atoms. The maximum Gasteiger partial charge on any atom is 0.319 e. The Bertz CT molecular complexity index is 460. The molecular weight excluding hydrogens is 263 g/mol. The summed E-state index contributed by atoms with van der Waals surface area (Å²) in [6.07, 6.45) is 0.372. The Hall–Kier alpha value is -1.66. The number of aryl methyl sites for hydroxylation is 1. The molecule has 2 amide bonds. The number of urea groups is 1. The van der Waals surface area contributed by atoms with Crippen LogP contribution in [0, 0.1) is 12.7 Å². The van der Waals surface area contributed by atoms with Crippen LogP contribution in [0.25, 0.3) is 0 Å². The molecule has 112 valence electrons. The molecule has 0 saturated heterocycles. The number of carbonyl (C=O) groups is 1. The largest absolute Gasteiger partial charge is 0.396 e. The second-order valence-electron chi connectivity index (χ2n) is 5.01. The number of aliphatic hydroxyl groups is 1. The molecule has 1 aromatic carbocycles. The Balaban J connectivity index is 2.70. The fraction of sp³-hybridized carbons (Fsp3) is 0.500. The number of hydrogen-bond donors (Lipinski definition) is 3. The molecular formula is C14H21FN2O3. The van der Waals surface area contributed by atoms with Gasteiger partial charge < -0.3 is 20.5 Å². The number of hydrogen-bond acceptors (Lipinski definition) is 3. The molecule has 1 aromatic rings. The van der Waals surface area contributed by atoms with Gasteiger partial charge in [0.1, 0.15) is 5.82 Å². The number of ether oxygens (including phenoxy) is 1. The molecule has 0 bridgehead atoms. The number of benzene rings is 1. The summed E-state index contributed by atoms with van der Waals surface area (Å²) in [6, 6.07) is 3.71. The fourth-order valence-electron chi connectivity index (χ4n) is 1.93. The zero-order valence-electron chi connectivity index (χ0n) is 12.0. The maximum atomic E-state index is 13.0. The minimum Gasteiger partial charge on any atom is -0.396 e. The zero-order valence-corrected chi connectivity index (χ0v) is 12.0. The number of nitrogens with one attached hydrogen (secondary N) is 2. The molecule has 5 nitrogen and oxygen atoms in total. The first-order valence-corrected chi connectivity index (χ1v) is 6.35. The predicted molar refractivity (Wildman–Crippen MR) is 75.3 cm³/mol. The lowest BCUT2D eigenvalue weighted by Crippen LogP contribution is -2.51. The van der Waals surface area contributed by atoms with E-state index in [-0.39, 0.29) is 19.0 Å². The first-order valence-electron chi connectivity index (χ1n) is 6.35. The van der Waals surface area contributed by atoms with Gasteiger partial charge in [0.2, 0.25) is 0 Å². The quantitative estimate of drug-likeness (QED) is 0.748. The Morgan fingerprint density at radius 2 is 2.20 bits per heavy atom. The molecule has 1 rings (SSSR count). The van der Waals surface area contributed by atoms with Crippen molar-refractivity contribution in [3.8, 4) is 0 Å². The van der Waals surface area contributed by atoms with Gasteiger partial charge in [-0.05, 0) is 44.0 Å². The third-order valence-corrected chi connectivity index (χ3v) is 2.98. The van der Waals surface area contributed by atoms with Gasteiger partial charge in [0.25, 0.3) is 0 Å². The minimum atomic E-state index is -0.665. The van der Waals surface area contributed by atoms with E-state index in [0.29, 0.717) is 17.7 Å². The van der Waals surface area contributed by atoms with Crippen molar-refractivity contribution < 1.29 is 19.0 Å². The van der Waals surface area contributed by atoms with Crippen LogP contribution in [0.1, 0.15) is 18.9 Å². The smallest absolute Gasteiger partial charge is 0.319 e. The molecule has 6 heteroatoms. The molecule has 0 aliphatic rings. The van der Waals surface area contributed by atoms with Crippen molar-refractivity contribution in [1.29, 1.82) is 0 Å². The van der Waals surface area contributed by atoms with Crippen LogP contribution in [-0.4, -0.2) is 37.0 Å². The van der Waals surface area contributed by atoms with Crippen molar-refractivity contribution in [2.75, 3.05) is 25.6 Å². The van der Waals surface area contributed by atoms with E-state index in [1.54, 1.807) is 13.8 Å². The SMILES string of the molecule is COCC(C)(CCO)NC(=O)Nc1ccc(F)cc1C. The van der Waals surface area contributed by atoms with E-state index in [9.17, 15) is 9.18 Å². The minimum absolute atomic E-state index is 0.0598. The molecule has 0 radical (unpaired) electrons. The summed E-state index contributed by atoms with van der Waals surface area (Å²) >= 11 is 0. The van der Waals surface area contributed by atoms with Crippen molar-refractivity contribution in [2.24, 2.45) is 0 Å². The topological polar surface area (TPSA) is 70.6 Å². The van der Waals surface area contributed by atoms with Crippen LogP contribution in [0.2, 0.25) is 0 Å². The van der Waals surface area contributed by atoms with Gasteiger partial charge in [-0.3, -0.25) is 0 Å². The summed E-state index contributed by atoms with van der Waals surface area (Å²) < 4.78 is 18.0. The van der Waals surface area contributed by atoms with E-state index < -0.39 is 11.6 Å². The van der Waals surface area contributed by atoms with E-state index in [0.717, 1.165) is 0 Å². The zero-order chi connectivity index (χ0) is 15.2. The fourth-order valence-corrected chi connectivity index (χ4v) is 1.93. The Morgan fingerprint density at radius 1 is 1.50 bits per heavy atom. The number of amides is 2. The highest BCUT2D eigenvalue weighted by Crippen LogP contribution is 2.16. The summed E-state index contributed by atoms with van der Waals surface area (Å²) in [5.74, 6) is -0.349. The van der Waals surface area contributed by atoms with Crippen LogP contribution >= 0.6 is 0 Å². The summed E-state index contributed by atoms with van der Waals surface area (Å²) in [7, 11) is 1.53. The van der Waals surface area contributed by atoms with Gasteiger partial charge in [-0.1, -0.05) is 0 Å².